The van der Waals surface area contributed by atoms with Crippen molar-refractivity contribution in [3.05, 3.63) is 76.3 Å². The molecule has 0 radical (unpaired) electrons. The number of carbonyl (C=O) groups is 1. The van der Waals surface area contributed by atoms with Gasteiger partial charge in [-0.2, -0.15) is 0 Å². The largest absolute Gasteiger partial charge is 0.452 e. The lowest BCUT2D eigenvalue weighted by Gasteiger charge is -2.25. The number of halogens is 2. The summed E-state index contributed by atoms with van der Waals surface area (Å²) in [5.74, 6) is -0.352. The number of benzene rings is 2. The predicted molar refractivity (Wildman–Crippen MR) is 88.3 cm³/mol. The maximum Gasteiger partial charge on any atom is 0.331 e. The van der Waals surface area contributed by atoms with Crippen molar-refractivity contribution < 1.29 is 9.53 Å². The van der Waals surface area contributed by atoms with Gasteiger partial charge in [0.15, 0.2) is 0 Å². The highest BCUT2D eigenvalue weighted by molar-refractivity contribution is 6.35. The summed E-state index contributed by atoms with van der Waals surface area (Å²) in [6.45, 7) is 0. The second-order valence-corrected chi connectivity index (χ2v) is 5.76. The first kappa shape index (κ1) is 14.9. The van der Waals surface area contributed by atoms with Gasteiger partial charge < -0.3 is 10.1 Å². The quantitative estimate of drug-likeness (QED) is 0.829. The Hall–Kier alpha value is -1.97. The summed E-state index contributed by atoms with van der Waals surface area (Å²) in [6.07, 6.45) is 2.73. The first-order valence-electron chi connectivity index (χ1n) is 6.79. The molecular formula is C17H13Cl2NO2. The van der Waals surface area contributed by atoms with Crippen LogP contribution in [0.15, 0.2) is 60.7 Å². The molecule has 0 bridgehead atoms. The second kappa shape index (κ2) is 6.42. The van der Waals surface area contributed by atoms with Crippen LogP contribution in [-0.4, -0.2) is 12.1 Å². The van der Waals surface area contributed by atoms with Crippen LogP contribution in [0.3, 0.4) is 0 Å². The number of hydrogen-bond donors (Lipinski definition) is 1. The van der Waals surface area contributed by atoms with E-state index in [4.69, 9.17) is 27.9 Å². The number of nitrogens with one attached hydrogen (secondary N) is 1. The van der Waals surface area contributed by atoms with E-state index in [0.717, 1.165) is 11.3 Å². The zero-order valence-electron chi connectivity index (χ0n) is 11.5. The van der Waals surface area contributed by atoms with Crippen molar-refractivity contribution in [2.24, 2.45) is 0 Å². The molecule has 1 aliphatic heterocycles. The van der Waals surface area contributed by atoms with E-state index in [1.54, 1.807) is 18.2 Å². The summed E-state index contributed by atoms with van der Waals surface area (Å²) >= 11 is 12.3. The Morgan fingerprint density at radius 1 is 1.09 bits per heavy atom. The maximum atomic E-state index is 11.4. The van der Waals surface area contributed by atoms with Gasteiger partial charge in [0.1, 0.15) is 6.10 Å². The van der Waals surface area contributed by atoms with Gasteiger partial charge in [0.25, 0.3) is 0 Å². The Bertz CT molecular complexity index is 716. The van der Waals surface area contributed by atoms with Crippen LogP contribution in [0.2, 0.25) is 10.0 Å². The van der Waals surface area contributed by atoms with E-state index in [0.29, 0.717) is 10.0 Å². The highest BCUT2D eigenvalue weighted by Crippen LogP contribution is 2.33. The molecule has 0 unspecified atom stereocenters. The molecule has 0 amide bonds. The molecule has 0 aromatic heterocycles. The topological polar surface area (TPSA) is 38.3 Å². The fourth-order valence-corrected chi connectivity index (χ4v) is 2.90. The summed E-state index contributed by atoms with van der Waals surface area (Å²) in [5.41, 5.74) is 1.73. The number of carbonyl (C=O) groups excluding carboxylic acids is 1. The molecule has 0 saturated heterocycles. The van der Waals surface area contributed by atoms with Crippen molar-refractivity contribution in [2.75, 3.05) is 5.32 Å². The van der Waals surface area contributed by atoms with Crippen molar-refractivity contribution in [2.45, 2.75) is 12.1 Å². The fourth-order valence-electron chi connectivity index (χ4n) is 2.37. The first-order valence-corrected chi connectivity index (χ1v) is 7.54. The summed E-state index contributed by atoms with van der Waals surface area (Å²) in [5, 5.41) is 4.45. The molecule has 5 heteroatoms. The molecule has 3 nitrogen and oxygen atoms in total. The van der Waals surface area contributed by atoms with Crippen LogP contribution in [0.25, 0.3) is 0 Å². The van der Waals surface area contributed by atoms with E-state index >= 15 is 0 Å². The number of hydrogen-bond acceptors (Lipinski definition) is 3. The minimum absolute atomic E-state index is 0.296. The van der Waals surface area contributed by atoms with Crippen molar-refractivity contribution in [3.63, 3.8) is 0 Å². The van der Waals surface area contributed by atoms with E-state index < -0.39 is 6.10 Å². The van der Waals surface area contributed by atoms with Gasteiger partial charge in [0.2, 0.25) is 0 Å². The predicted octanol–water partition coefficient (Wildman–Crippen LogP) is 4.63. The van der Waals surface area contributed by atoms with Gasteiger partial charge in [0.05, 0.1) is 6.04 Å². The minimum atomic E-state index is -0.425. The zero-order chi connectivity index (χ0) is 15.5. The third kappa shape index (κ3) is 3.26. The van der Waals surface area contributed by atoms with Gasteiger partial charge in [-0.15, -0.1) is 0 Å². The average molecular weight is 334 g/mol. The van der Waals surface area contributed by atoms with Gasteiger partial charge in [-0.3, -0.25) is 0 Å². The second-order valence-electron chi connectivity index (χ2n) is 4.91. The molecule has 2 atom stereocenters. The third-order valence-electron chi connectivity index (χ3n) is 3.40. The third-order valence-corrected chi connectivity index (χ3v) is 3.96. The summed E-state index contributed by atoms with van der Waals surface area (Å²) in [6, 6.07) is 14.7. The molecule has 1 aliphatic rings. The number of para-hydroxylation sites is 1. The normalized spacial score (nSPS) is 18.1. The number of anilines is 1. The summed E-state index contributed by atoms with van der Waals surface area (Å²) in [4.78, 5) is 11.4. The Morgan fingerprint density at radius 3 is 2.50 bits per heavy atom. The molecule has 112 valence electrons. The van der Waals surface area contributed by atoms with Crippen molar-refractivity contribution in [3.8, 4) is 0 Å². The highest BCUT2D eigenvalue weighted by atomic mass is 35.5. The van der Waals surface area contributed by atoms with E-state index in [9.17, 15) is 4.79 Å². The molecule has 0 spiro atoms. The Labute approximate surface area is 138 Å². The lowest BCUT2D eigenvalue weighted by atomic mass is 10.0. The number of ether oxygens (including phenoxy) is 1. The van der Waals surface area contributed by atoms with Gasteiger partial charge in [-0.25, -0.2) is 4.79 Å². The standard InChI is InChI=1S/C17H13Cl2NO2/c18-11-6-7-13(14(19)10-11)17(15-8-9-16(21)22-15)20-12-4-2-1-3-5-12/h1-10,15,17,20H/t15-,17+/m0/s1. The molecule has 2 aromatic carbocycles. The smallest absolute Gasteiger partial charge is 0.331 e. The average Bonchev–Trinajstić information content (AvgIpc) is 2.93. The molecule has 1 heterocycles. The van der Waals surface area contributed by atoms with Crippen molar-refractivity contribution >= 4 is 34.9 Å². The maximum absolute atomic E-state index is 11.4. The lowest BCUT2D eigenvalue weighted by Crippen LogP contribution is -2.25. The zero-order valence-corrected chi connectivity index (χ0v) is 13.0. The molecular weight excluding hydrogens is 321 g/mol. The Morgan fingerprint density at radius 2 is 1.86 bits per heavy atom. The summed E-state index contributed by atoms with van der Waals surface area (Å²) < 4.78 is 5.33. The van der Waals surface area contributed by atoms with E-state index in [1.165, 1.54) is 6.08 Å². The van der Waals surface area contributed by atoms with Gasteiger partial charge in [-0.05, 0) is 35.9 Å². The van der Waals surface area contributed by atoms with Crippen LogP contribution in [0.1, 0.15) is 11.6 Å². The van der Waals surface area contributed by atoms with Crippen LogP contribution < -0.4 is 5.32 Å². The van der Waals surface area contributed by atoms with Crippen LogP contribution in [0, 0.1) is 0 Å². The van der Waals surface area contributed by atoms with Crippen LogP contribution in [0.4, 0.5) is 5.69 Å². The highest BCUT2D eigenvalue weighted by Gasteiger charge is 2.29. The van der Waals surface area contributed by atoms with Gasteiger partial charge >= 0.3 is 5.97 Å². The van der Waals surface area contributed by atoms with Gasteiger partial charge in [-0.1, -0.05) is 47.5 Å². The van der Waals surface area contributed by atoms with E-state index in [-0.39, 0.29) is 12.0 Å². The van der Waals surface area contributed by atoms with Crippen LogP contribution in [0.5, 0.6) is 0 Å². The lowest BCUT2D eigenvalue weighted by molar-refractivity contribution is -0.139. The van der Waals surface area contributed by atoms with Crippen LogP contribution >= 0.6 is 23.2 Å². The number of esters is 1. The van der Waals surface area contributed by atoms with E-state index in [2.05, 4.69) is 5.32 Å². The fraction of sp³-hybridized carbons (Fsp3) is 0.118. The van der Waals surface area contributed by atoms with Crippen molar-refractivity contribution in [1.82, 2.24) is 0 Å². The van der Waals surface area contributed by atoms with E-state index in [1.807, 2.05) is 36.4 Å². The first-order chi connectivity index (χ1) is 10.6. The SMILES string of the molecule is O=C1C=C[C@@H]([C@H](Nc2ccccc2)c2ccc(Cl)cc2Cl)O1. The monoisotopic (exact) mass is 333 g/mol. The Balaban J connectivity index is 1.95. The van der Waals surface area contributed by atoms with Crippen LogP contribution in [-0.2, 0) is 9.53 Å². The van der Waals surface area contributed by atoms with Crippen molar-refractivity contribution in [1.29, 1.82) is 0 Å². The number of rotatable bonds is 4. The molecule has 1 N–H and O–H groups in total. The molecule has 0 aliphatic carbocycles. The van der Waals surface area contributed by atoms with Gasteiger partial charge in [0, 0.05) is 21.8 Å². The molecule has 2 aromatic rings. The Kier molecular flexibility index (Phi) is 4.36. The number of cyclic esters (lactones) is 1. The molecule has 3 rings (SSSR count). The summed E-state index contributed by atoms with van der Waals surface area (Å²) in [7, 11) is 0. The molecule has 22 heavy (non-hydrogen) atoms. The molecule has 0 fully saturated rings. The minimum Gasteiger partial charge on any atom is -0.452 e. The molecule has 0 saturated carbocycles.